The molecular weight excluding hydrogens is 263 g/mol. The fourth-order valence-electron chi connectivity index (χ4n) is 1.24. The fourth-order valence-corrected chi connectivity index (χ4v) is 1.72. The molecule has 0 saturated carbocycles. The Morgan fingerprint density at radius 2 is 2.24 bits per heavy atom. The standard InChI is InChI=1S/C11H8Cl2N2O2/c12-8-1-2-9(10(13)3-8)11(16)17-6-7-4-14-15-5-7/h1-5H,6H2,(H,14,15). The molecule has 1 aromatic heterocycles. The maximum absolute atomic E-state index is 11.7. The van der Waals surface area contributed by atoms with Gasteiger partial charge >= 0.3 is 5.97 Å². The van der Waals surface area contributed by atoms with Crippen LogP contribution in [0.2, 0.25) is 10.0 Å². The first-order chi connectivity index (χ1) is 8.16. The predicted octanol–water partition coefficient (Wildman–Crippen LogP) is 3.07. The molecule has 0 aliphatic carbocycles. The summed E-state index contributed by atoms with van der Waals surface area (Å²) in [6.45, 7) is 0.147. The first-order valence-corrected chi connectivity index (χ1v) is 5.52. The average Bonchev–Trinajstić information content (AvgIpc) is 2.78. The third kappa shape index (κ3) is 2.99. The molecule has 4 nitrogen and oxygen atoms in total. The van der Waals surface area contributed by atoms with Crippen LogP contribution in [0, 0.1) is 0 Å². The van der Waals surface area contributed by atoms with E-state index in [0.29, 0.717) is 10.6 Å². The molecular formula is C11H8Cl2N2O2. The number of hydrogen-bond acceptors (Lipinski definition) is 3. The van der Waals surface area contributed by atoms with Gasteiger partial charge in [0.05, 0.1) is 16.8 Å². The normalized spacial score (nSPS) is 10.2. The van der Waals surface area contributed by atoms with Gasteiger partial charge in [0.1, 0.15) is 6.61 Å². The molecule has 0 saturated heterocycles. The molecule has 1 N–H and O–H groups in total. The molecule has 88 valence electrons. The van der Waals surface area contributed by atoms with Gasteiger partial charge in [0.15, 0.2) is 0 Å². The lowest BCUT2D eigenvalue weighted by atomic mass is 10.2. The Morgan fingerprint density at radius 3 is 2.88 bits per heavy atom. The Morgan fingerprint density at radius 1 is 1.41 bits per heavy atom. The SMILES string of the molecule is O=C(OCc1cn[nH]c1)c1ccc(Cl)cc1Cl. The maximum Gasteiger partial charge on any atom is 0.339 e. The van der Waals surface area contributed by atoms with Crippen molar-refractivity contribution < 1.29 is 9.53 Å². The second-order valence-electron chi connectivity index (χ2n) is 3.31. The minimum atomic E-state index is -0.493. The number of carbonyl (C=O) groups is 1. The van der Waals surface area contributed by atoms with Crippen molar-refractivity contribution in [2.45, 2.75) is 6.61 Å². The third-order valence-electron chi connectivity index (χ3n) is 2.08. The molecule has 0 unspecified atom stereocenters. The van der Waals surface area contributed by atoms with Crippen LogP contribution in [-0.4, -0.2) is 16.2 Å². The molecule has 2 rings (SSSR count). The highest BCUT2D eigenvalue weighted by Gasteiger charge is 2.12. The number of H-pyrrole nitrogens is 1. The molecule has 0 aliphatic heterocycles. The molecule has 1 heterocycles. The van der Waals surface area contributed by atoms with Gasteiger partial charge in [-0.1, -0.05) is 23.2 Å². The van der Waals surface area contributed by atoms with Crippen molar-refractivity contribution in [1.82, 2.24) is 10.2 Å². The summed E-state index contributed by atoms with van der Waals surface area (Å²) in [5.74, 6) is -0.493. The van der Waals surface area contributed by atoms with Crippen molar-refractivity contribution in [3.63, 3.8) is 0 Å². The number of nitrogens with zero attached hydrogens (tertiary/aromatic N) is 1. The molecule has 6 heteroatoms. The predicted molar refractivity (Wildman–Crippen MR) is 64.2 cm³/mol. The number of carbonyl (C=O) groups excluding carboxylic acids is 1. The number of benzene rings is 1. The zero-order chi connectivity index (χ0) is 12.3. The van der Waals surface area contributed by atoms with Crippen LogP contribution >= 0.6 is 23.2 Å². The van der Waals surface area contributed by atoms with Gasteiger partial charge in [0.25, 0.3) is 0 Å². The van der Waals surface area contributed by atoms with Crippen LogP contribution in [-0.2, 0) is 11.3 Å². The molecule has 0 amide bonds. The Kier molecular flexibility index (Phi) is 3.66. The zero-order valence-electron chi connectivity index (χ0n) is 8.61. The summed E-state index contributed by atoms with van der Waals surface area (Å²) < 4.78 is 5.07. The van der Waals surface area contributed by atoms with E-state index in [1.807, 2.05) is 0 Å². The summed E-state index contributed by atoms with van der Waals surface area (Å²) in [4.78, 5) is 11.7. The van der Waals surface area contributed by atoms with Crippen LogP contribution in [0.5, 0.6) is 0 Å². The molecule has 0 spiro atoms. The quantitative estimate of drug-likeness (QED) is 0.873. The molecule has 0 aliphatic rings. The number of ether oxygens (including phenoxy) is 1. The first kappa shape index (κ1) is 12.0. The highest BCUT2D eigenvalue weighted by molar-refractivity contribution is 6.36. The minimum Gasteiger partial charge on any atom is -0.457 e. The summed E-state index contributed by atoms with van der Waals surface area (Å²) in [7, 11) is 0. The van der Waals surface area contributed by atoms with Crippen molar-refractivity contribution in [3.05, 3.63) is 51.8 Å². The number of aromatic amines is 1. The Bertz CT molecular complexity index is 526. The lowest BCUT2D eigenvalue weighted by Gasteiger charge is -2.05. The van der Waals surface area contributed by atoms with Gasteiger partial charge in [-0.3, -0.25) is 5.10 Å². The zero-order valence-corrected chi connectivity index (χ0v) is 10.1. The van der Waals surface area contributed by atoms with Crippen molar-refractivity contribution >= 4 is 29.2 Å². The summed E-state index contributed by atoms with van der Waals surface area (Å²) in [6.07, 6.45) is 3.23. The van der Waals surface area contributed by atoms with Gasteiger partial charge in [0.2, 0.25) is 0 Å². The van der Waals surface area contributed by atoms with Crippen molar-refractivity contribution in [2.24, 2.45) is 0 Å². The average molecular weight is 271 g/mol. The van der Waals surface area contributed by atoms with Crippen molar-refractivity contribution in [3.8, 4) is 0 Å². The van der Waals surface area contributed by atoms with Crippen molar-refractivity contribution in [2.75, 3.05) is 0 Å². The highest BCUT2D eigenvalue weighted by atomic mass is 35.5. The lowest BCUT2D eigenvalue weighted by molar-refractivity contribution is 0.0473. The van der Waals surface area contributed by atoms with E-state index in [4.69, 9.17) is 27.9 Å². The summed E-state index contributed by atoms with van der Waals surface area (Å²) in [5, 5.41) is 7.12. The summed E-state index contributed by atoms with van der Waals surface area (Å²) >= 11 is 11.6. The number of rotatable bonds is 3. The molecule has 17 heavy (non-hydrogen) atoms. The summed E-state index contributed by atoms with van der Waals surface area (Å²) in [6, 6.07) is 4.61. The van der Waals surface area contributed by atoms with Gasteiger partial charge < -0.3 is 4.74 Å². The van der Waals surface area contributed by atoms with E-state index in [0.717, 1.165) is 5.56 Å². The highest BCUT2D eigenvalue weighted by Crippen LogP contribution is 2.21. The Hall–Kier alpha value is -1.52. The summed E-state index contributed by atoms with van der Waals surface area (Å²) in [5.41, 5.74) is 1.07. The van der Waals surface area contributed by atoms with E-state index in [1.165, 1.54) is 12.1 Å². The van der Waals surface area contributed by atoms with Crippen LogP contribution in [0.3, 0.4) is 0 Å². The van der Waals surface area contributed by atoms with Crippen LogP contribution < -0.4 is 0 Å². The smallest absolute Gasteiger partial charge is 0.339 e. The van der Waals surface area contributed by atoms with Gasteiger partial charge in [0, 0.05) is 16.8 Å². The van der Waals surface area contributed by atoms with Gasteiger partial charge in [-0.2, -0.15) is 5.10 Å². The largest absolute Gasteiger partial charge is 0.457 e. The molecule has 0 fully saturated rings. The minimum absolute atomic E-state index is 0.147. The number of hydrogen-bond donors (Lipinski definition) is 1. The molecule has 0 atom stereocenters. The monoisotopic (exact) mass is 270 g/mol. The second-order valence-corrected chi connectivity index (χ2v) is 4.15. The number of halogens is 2. The molecule has 2 aromatic rings. The fraction of sp³-hybridized carbons (Fsp3) is 0.0909. The topological polar surface area (TPSA) is 55.0 Å². The Labute approximate surface area is 107 Å². The van der Waals surface area contributed by atoms with E-state index in [-0.39, 0.29) is 11.6 Å². The number of esters is 1. The van der Waals surface area contributed by atoms with E-state index in [2.05, 4.69) is 10.2 Å². The van der Waals surface area contributed by atoms with E-state index < -0.39 is 5.97 Å². The van der Waals surface area contributed by atoms with E-state index in [1.54, 1.807) is 18.5 Å². The van der Waals surface area contributed by atoms with E-state index >= 15 is 0 Å². The molecule has 1 aromatic carbocycles. The van der Waals surface area contributed by atoms with Crippen LogP contribution in [0.25, 0.3) is 0 Å². The maximum atomic E-state index is 11.7. The van der Waals surface area contributed by atoms with Crippen LogP contribution in [0.1, 0.15) is 15.9 Å². The molecule has 0 bridgehead atoms. The Balaban J connectivity index is 2.04. The van der Waals surface area contributed by atoms with Crippen LogP contribution in [0.4, 0.5) is 0 Å². The number of aromatic nitrogens is 2. The first-order valence-electron chi connectivity index (χ1n) is 4.76. The number of nitrogens with one attached hydrogen (secondary N) is 1. The van der Waals surface area contributed by atoms with Crippen molar-refractivity contribution in [1.29, 1.82) is 0 Å². The molecule has 0 radical (unpaired) electrons. The second kappa shape index (κ2) is 5.21. The van der Waals surface area contributed by atoms with Gasteiger partial charge in [-0.25, -0.2) is 4.79 Å². The lowest BCUT2D eigenvalue weighted by Crippen LogP contribution is -2.05. The van der Waals surface area contributed by atoms with Gasteiger partial charge in [-0.05, 0) is 18.2 Å². The van der Waals surface area contributed by atoms with Gasteiger partial charge in [-0.15, -0.1) is 0 Å². The van der Waals surface area contributed by atoms with E-state index in [9.17, 15) is 4.79 Å². The van der Waals surface area contributed by atoms with Crippen LogP contribution in [0.15, 0.2) is 30.6 Å². The third-order valence-corrected chi connectivity index (χ3v) is 2.62.